The molecule has 0 saturated carbocycles. The summed E-state index contributed by atoms with van der Waals surface area (Å²) >= 11 is 0. The predicted octanol–water partition coefficient (Wildman–Crippen LogP) is 5.15. The van der Waals surface area contributed by atoms with Gasteiger partial charge in [-0.2, -0.15) is 0 Å². The molecule has 0 saturated heterocycles. The molecule has 3 unspecified atom stereocenters. The van der Waals surface area contributed by atoms with Crippen molar-refractivity contribution in [2.45, 2.75) is 52.2 Å². The van der Waals surface area contributed by atoms with E-state index in [4.69, 9.17) is 33.4 Å². The van der Waals surface area contributed by atoms with E-state index in [0.29, 0.717) is 0 Å². The first-order valence-corrected chi connectivity index (χ1v) is 14.4. The maximum absolute atomic E-state index is 14.6. The van der Waals surface area contributed by atoms with Crippen molar-refractivity contribution in [3.05, 3.63) is 71.8 Å². The van der Waals surface area contributed by atoms with Gasteiger partial charge in [-0.25, -0.2) is 28.0 Å². The summed E-state index contributed by atoms with van der Waals surface area (Å²) in [4.78, 5) is 37.4. The van der Waals surface area contributed by atoms with Crippen LogP contribution in [0.25, 0.3) is 0 Å². The van der Waals surface area contributed by atoms with E-state index in [1.807, 2.05) is 0 Å². The zero-order chi connectivity index (χ0) is 31.6. The smallest absolute Gasteiger partial charge is 0.480 e. The molecule has 0 aromatic heterocycles. The summed E-state index contributed by atoms with van der Waals surface area (Å²) < 4.78 is 47.1. The van der Waals surface area contributed by atoms with Gasteiger partial charge in [0.05, 0.1) is 13.2 Å². The molecule has 15 heteroatoms. The largest absolute Gasteiger partial charge is 0.511 e. The number of nitrogens with zero attached hydrogens (tertiary/aromatic N) is 1. The van der Waals surface area contributed by atoms with Crippen LogP contribution in [0.4, 0.5) is 9.59 Å². The Bertz CT molecular complexity index is 1210. The average Bonchev–Trinajstić information content (AvgIpc) is 2.92. The van der Waals surface area contributed by atoms with Gasteiger partial charge in [0.2, 0.25) is 5.96 Å². The molecule has 2 aromatic carbocycles. The molecule has 14 nitrogen and oxygen atoms in total. The number of ether oxygens (including phenoxy) is 4. The molecule has 2 aromatic rings. The van der Waals surface area contributed by atoms with Crippen LogP contribution >= 0.6 is 7.75 Å². The maximum Gasteiger partial charge on any atom is 0.511 e. The molecular formula is C27H36N3O11P. The van der Waals surface area contributed by atoms with E-state index in [9.17, 15) is 24.1 Å². The highest BCUT2D eigenvalue weighted by atomic mass is 31.2. The lowest BCUT2D eigenvalue weighted by Crippen LogP contribution is -2.47. The zero-order valence-corrected chi connectivity index (χ0v) is 25.1. The molecule has 0 fully saturated rings. The lowest BCUT2D eigenvalue weighted by Gasteiger charge is -2.38. The molecule has 2 rings (SSSR count). The van der Waals surface area contributed by atoms with Crippen molar-refractivity contribution in [3.8, 4) is 0 Å². The van der Waals surface area contributed by atoms with Crippen molar-refractivity contribution in [1.82, 2.24) is 9.99 Å². The molecule has 0 aliphatic heterocycles. The molecule has 3 atom stereocenters. The third-order valence-electron chi connectivity index (χ3n) is 5.80. The second-order valence-electron chi connectivity index (χ2n) is 8.96. The van der Waals surface area contributed by atoms with Gasteiger partial charge in [-0.3, -0.25) is 10.5 Å². The van der Waals surface area contributed by atoms with Crippen LogP contribution in [0.3, 0.4) is 0 Å². The number of hydrogen-bond donors (Lipinski definition) is 3. The van der Waals surface area contributed by atoms with E-state index in [0.717, 1.165) is 4.90 Å². The molecule has 0 amide bonds. The highest BCUT2D eigenvalue weighted by Crippen LogP contribution is 2.56. The van der Waals surface area contributed by atoms with Gasteiger partial charge in [-0.05, 0) is 20.8 Å². The van der Waals surface area contributed by atoms with Gasteiger partial charge in [0, 0.05) is 32.0 Å². The molecule has 230 valence electrons. The van der Waals surface area contributed by atoms with Crippen LogP contribution in [0.1, 0.15) is 45.7 Å². The summed E-state index contributed by atoms with van der Waals surface area (Å²) in [5.74, 6) is -6.32. The third-order valence-corrected chi connectivity index (χ3v) is 7.46. The van der Waals surface area contributed by atoms with Gasteiger partial charge < -0.3 is 29.0 Å². The standard InChI is InChI=1S/C27H36N3O11P/c1-7-36-24(33)38-26(4,20-15-11-9-12-16-20)40-42(35,29-23(28)30(6)19(3)22(31)32)41-27(5,39-25(34)37-8-2)21-17-13-10-14-18-21/h9-19H,7-8H2,1-6H3,(H,31,32)(H2,28,29,35). The summed E-state index contributed by atoms with van der Waals surface area (Å²) in [5, 5.41) is 20.2. The van der Waals surface area contributed by atoms with Crippen molar-refractivity contribution in [2.24, 2.45) is 0 Å². The van der Waals surface area contributed by atoms with Crippen molar-refractivity contribution in [1.29, 1.82) is 5.41 Å². The average molecular weight is 610 g/mol. The summed E-state index contributed by atoms with van der Waals surface area (Å²) in [6, 6.07) is 14.6. The first kappa shape index (κ1) is 34.1. The van der Waals surface area contributed by atoms with E-state index in [2.05, 4.69) is 5.09 Å². The fourth-order valence-corrected chi connectivity index (χ4v) is 5.19. The number of guanidine groups is 1. The van der Waals surface area contributed by atoms with E-state index in [1.54, 1.807) is 50.2 Å². The highest BCUT2D eigenvalue weighted by Gasteiger charge is 2.49. The van der Waals surface area contributed by atoms with Gasteiger partial charge in [0.25, 0.3) is 11.6 Å². The van der Waals surface area contributed by atoms with Gasteiger partial charge in [-0.15, -0.1) is 0 Å². The number of likely N-dealkylation sites (N-methyl/N-ethyl adjacent to an activating group) is 1. The van der Waals surface area contributed by atoms with Gasteiger partial charge in [0.15, 0.2) is 0 Å². The molecule has 42 heavy (non-hydrogen) atoms. The van der Waals surface area contributed by atoms with Crippen LogP contribution < -0.4 is 5.09 Å². The third kappa shape index (κ3) is 9.20. The summed E-state index contributed by atoms with van der Waals surface area (Å²) in [6.07, 6.45) is -2.34. The van der Waals surface area contributed by atoms with Crippen LogP contribution in [-0.2, 0) is 48.9 Å². The SMILES string of the molecule is CCOC(=O)OC(C)(OP(=O)(NC(=N)N(C)C(C)C(=O)O)OC(C)(OC(=O)OCC)c1ccccc1)c1ccccc1. The lowest BCUT2D eigenvalue weighted by molar-refractivity contribution is -0.188. The molecule has 0 aliphatic carbocycles. The molecule has 0 radical (unpaired) electrons. The molecule has 3 N–H and O–H groups in total. The first-order valence-electron chi connectivity index (χ1n) is 12.8. The number of carboxylic acid groups (broad SMARTS) is 1. The van der Waals surface area contributed by atoms with E-state index in [-0.39, 0.29) is 24.3 Å². The second-order valence-corrected chi connectivity index (χ2v) is 10.5. The lowest BCUT2D eigenvalue weighted by atomic mass is 10.1. The Labute approximate surface area is 243 Å². The van der Waals surface area contributed by atoms with Crippen molar-refractivity contribution in [3.63, 3.8) is 0 Å². The Balaban J connectivity index is 2.68. The van der Waals surface area contributed by atoms with Crippen molar-refractivity contribution < 1.29 is 52.1 Å². The number of nitrogens with one attached hydrogen (secondary N) is 2. The minimum Gasteiger partial charge on any atom is -0.480 e. The van der Waals surface area contributed by atoms with Gasteiger partial charge in [0.1, 0.15) is 6.04 Å². The Morgan fingerprint density at radius 3 is 1.60 bits per heavy atom. The van der Waals surface area contributed by atoms with E-state index >= 15 is 0 Å². The molecule has 0 spiro atoms. The Morgan fingerprint density at radius 1 is 0.881 bits per heavy atom. The Kier molecular flexibility index (Phi) is 11.9. The molecule has 0 bridgehead atoms. The number of hydrogen-bond acceptors (Lipinski definition) is 11. The molecular weight excluding hydrogens is 573 g/mol. The van der Waals surface area contributed by atoms with Gasteiger partial charge >= 0.3 is 26.0 Å². The van der Waals surface area contributed by atoms with Crippen LogP contribution in [0.2, 0.25) is 0 Å². The van der Waals surface area contributed by atoms with E-state index in [1.165, 1.54) is 52.1 Å². The Hall–Kier alpha value is -4.13. The van der Waals surface area contributed by atoms with Crippen LogP contribution in [0, 0.1) is 5.41 Å². The zero-order valence-electron chi connectivity index (χ0n) is 24.2. The molecule has 0 aliphatic rings. The van der Waals surface area contributed by atoms with Crippen LogP contribution in [0.5, 0.6) is 0 Å². The number of aliphatic carboxylic acids is 1. The number of rotatable bonds is 13. The summed E-state index contributed by atoms with van der Waals surface area (Å²) in [7, 11) is -3.74. The Morgan fingerprint density at radius 2 is 1.26 bits per heavy atom. The minimum atomic E-state index is -5.00. The highest BCUT2D eigenvalue weighted by molar-refractivity contribution is 7.52. The summed E-state index contributed by atoms with van der Waals surface area (Å²) in [5.41, 5.74) is 0.380. The first-order chi connectivity index (χ1) is 19.7. The van der Waals surface area contributed by atoms with E-state index < -0.39 is 49.6 Å². The van der Waals surface area contributed by atoms with Gasteiger partial charge in [-0.1, -0.05) is 60.7 Å². The van der Waals surface area contributed by atoms with Crippen LogP contribution in [0.15, 0.2) is 60.7 Å². The fraction of sp³-hybridized carbons (Fsp3) is 0.407. The quantitative estimate of drug-likeness (QED) is 0.0892. The second kappa shape index (κ2) is 14.7. The van der Waals surface area contributed by atoms with Crippen LogP contribution in [-0.4, -0.2) is 60.5 Å². The fourth-order valence-electron chi connectivity index (χ4n) is 3.45. The van der Waals surface area contributed by atoms with Crippen molar-refractivity contribution >= 4 is 32.0 Å². The monoisotopic (exact) mass is 609 g/mol. The molecule has 0 heterocycles. The topological polar surface area (TPSA) is 183 Å². The summed E-state index contributed by atoms with van der Waals surface area (Å²) in [6.45, 7) is 6.83. The van der Waals surface area contributed by atoms with Crippen molar-refractivity contribution in [2.75, 3.05) is 20.3 Å². The predicted molar refractivity (Wildman–Crippen MR) is 149 cm³/mol. The number of carboxylic acids is 1. The number of benzene rings is 2. The minimum absolute atomic E-state index is 0.0436. The number of carbonyl (C=O) groups excluding carboxylic acids is 2. The number of carbonyl (C=O) groups is 3. The normalized spacial score (nSPS) is 15.9. The maximum atomic E-state index is 14.6.